The predicted molar refractivity (Wildman–Crippen MR) is 84.4 cm³/mol. The molecule has 0 aromatic carbocycles. The number of rotatable bonds is 3. The zero-order valence-electron chi connectivity index (χ0n) is 12.8. The molecule has 1 N–H and O–H groups in total. The number of carboxylic acid groups (broad SMARTS) is 1. The summed E-state index contributed by atoms with van der Waals surface area (Å²) in [4.78, 5) is 26.1. The van der Waals surface area contributed by atoms with Gasteiger partial charge < -0.3 is 0 Å². The van der Waals surface area contributed by atoms with Crippen LogP contribution in [0.15, 0.2) is 36.0 Å². The van der Waals surface area contributed by atoms with Crippen LogP contribution in [0.1, 0.15) is 19.8 Å². The van der Waals surface area contributed by atoms with Gasteiger partial charge in [0.2, 0.25) is 0 Å². The standard InChI is InChI=1S/C16H20NO3S.Hg/c1-3-5-11-7-8-15(18)17-13(12(11)6-4-2)9-21-10-14(17)16(19)20;/h4-6,8,13-14H,2-3,7,9-10H2,1H3,(H,19,20);/b11-5-,12-6+;/t13?,14-;/m0./s1. The van der Waals surface area contributed by atoms with Crippen LogP contribution in [0.5, 0.6) is 0 Å². The number of allylic oxidation sites excluding steroid dienone is 3. The molecule has 22 heavy (non-hydrogen) atoms. The Bertz CT molecular complexity index is 544. The quantitative estimate of drug-likeness (QED) is 0.598. The Labute approximate surface area is 151 Å². The average molecular weight is 507 g/mol. The number of carboxylic acids is 1. The van der Waals surface area contributed by atoms with E-state index in [1.807, 2.05) is 6.08 Å². The number of carbonyl (C=O) groups is 2. The van der Waals surface area contributed by atoms with E-state index in [-0.39, 0.29) is 41.5 Å². The van der Waals surface area contributed by atoms with Crippen molar-refractivity contribution in [2.24, 2.45) is 0 Å². The molecule has 2 saturated heterocycles. The third-order valence-corrected chi connectivity index (χ3v) is 7.64. The van der Waals surface area contributed by atoms with Crippen LogP contribution in [0.2, 0.25) is 3.43 Å². The second kappa shape index (κ2) is 7.82. The van der Waals surface area contributed by atoms with Crippen LogP contribution in [-0.4, -0.2) is 45.5 Å². The van der Waals surface area contributed by atoms with Gasteiger partial charge in [0, 0.05) is 0 Å². The summed E-state index contributed by atoms with van der Waals surface area (Å²) in [6.45, 7) is 5.88. The summed E-state index contributed by atoms with van der Waals surface area (Å²) < 4.78 is 0.000894. The molecule has 2 heterocycles. The van der Waals surface area contributed by atoms with Gasteiger partial charge in [-0.05, 0) is 0 Å². The predicted octanol–water partition coefficient (Wildman–Crippen LogP) is 2.57. The molecule has 1 amide bonds. The molecule has 4 nitrogen and oxygen atoms in total. The second-order valence-electron chi connectivity index (χ2n) is 5.55. The van der Waals surface area contributed by atoms with Gasteiger partial charge in [0.15, 0.2) is 0 Å². The maximum absolute atomic E-state index is 12.8. The Morgan fingerprint density at radius 2 is 2.27 bits per heavy atom. The molecule has 0 aromatic rings. The fourth-order valence-corrected chi connectivity index (χ4v) is 6.35. The Morgan fingerprint density at radius 1 is 1.55 bits per heavy atom. The Hall–Kier alpha value is -0.555. The Kier molecular flexibility index (Phi) is 6.32. The van der Waals surface area contributed by atoms with Crippen LogP contribution in [0.4, 0.5) is 0 Å². The fraction of sp³-hybridized carbons (Fsp3) is 0.500. The first-order valence-corrected chi connectivity index (χ1v) is 11.8. The van der Waals surface area contributed by atoms with E-state index in [1.165, 1.54) is 5.57 Å². The molecule has 0 radical (unpaired) electrons. The molecule has 3 atom stereocenters. The summed E-state index contributed by atoms with van der Waals surface area (Å²) in [6, 6.07) is -0.854. The molecule has 1 unspecified atom stereocenters. The van der Waals surface area contributed by atoms with E-state index in [4.69, 9.17) is 0 Å². The van der Waals surface area contributed by atoms with Crippen molar-refractivity contribution in [3.05, 3.63) is 36.0 Å². The van der Waals surface area contributed by atoms with Gasteiger partial charge in [-0.2, -0.15) is 0 Å². The monoisotopic (exact) mass is 508 g/mol. The van der Waals surface area contributed by atoms with Gasteiger partial charge in [0.1, 0.15) is 0 Å². The summed E-state index contributed by atoms with van der Waals surface area (Å²) in [5.74, 6) is 0.380. The van der Waals surface area contributed by atoms with Crippen LogP contribution in [0.3, 0.4) is 0 Å². The van der Waals surface area contributed by atoms with Crippen molar-refractivity contribution >= 4 is 23.6 Å². The SMILES string of the molecule is C=C/C=C1\C(=C/CC)C[C@H]([Hg])C(=O)N2C1CSC[C@H]2C(=O)O. The topological polar surface area (TPSA) is 57.6 Å². The minimum absolute atomic E-state index is 0.000894. The number of hydrogen-bond acceptors (Lipinski definition) is 3. The molecule has 6 heteroatoms. The van der Waals surface area contributed by atoms with Crippen molar-refractivity contribution in [1.29, 1.82) is 0 Å². The molecular weight excluding hydrogens is 487 g/mol. The van der Waals surface area contributed by atoms with Crippen molar-refractivity contribution in [1.82, 2.24) is 4.90 Å². The first-order chi connectivity index (χ1) is 10.5. The van der Waals surface area contributed by atoms with Gasteiger partial charge in [0.05, 0.1) is 0 Å². The first kappa shape index (κ1) is 17.8. The second-order valence-corrected chi connectivity index (χ2v) is 10.5. The zero-order chi connectivity index (χ0) is 16.3. The van der Waals surface area contributed by atoms with Crippen LogP contribution in [0, 0.1) is 0 Å². The van der Waals surface area contributed by atoms with Gasteiger partial charge >= 0.3 is 152 Å². The summed E-state index contributed by atoms with van der Waals surface area (Å²) in [5, 5.41) is 9.51. The number of aliphatic carboxylic acids is 1. The van der Waals surface area contributed by atoms with E-state index >= 15 is 0 Å². The minimum atomic E-state index is -0.896. The van der Waals surface area contributed by atoms with Crippen molar-refractivity contribution in [2.45, 2.75) is 35.3 Å². The van der Waals surface area contributed by atoms with Gasteiger partial charge in [0.25, 0.3) is 0 Å². The molecule has 0 saturated carbocycles. The van der Waals surface area contributed by atoms with Crippen LogP contribution < -0.4 is 0 Å². The van der Waals surface area contributed by atoms with Gasteiger partial charge in [-0.15, -0.1) is 0 Å². The van der Waals surface area contributed by atoms with Gasteiger partial charge in [-0.25, -0.2) is 0 Å². The maximum atomic E-state index is 12.8. The molecular formula is C16H20HgNO3S. The number of carbonyl (C=O) groups excluding carboxylic acids is 1. The summed E-state index contributed by atoms with van der Waals surface area (Å²) in [7, 11) is 0. The molecule has 0 aliphatic carbocycles. The van der Waals surface area contributed by atoms with E-state index in [9.17, 15) is 14.7 Å². The summed E-state index contributed by atoms with van der Waals surface area (Å²) in [6.07, 6.45) is 7.55. The van der Waals surface area contributed by atoms with Crippen LogP contribution >= 0.6 is 11.8 Å². The molecule has 0 spiro atoms. The third-order valence-electron chi connectivity index (χ3n) is 4.06. The molecule has 2 aliphatic rings. The summed E-state index contributed by atoms with van der Waals surface area (Å²) in [5.41, 5.74) is 2.28. The zero-order valence-corrected chi connectivity index (χ0v) is 19.1. The fourth-order valence-electron chi connectivity index (χ4n) is 3.09. The number of amides is 1. The number of thioether (sulfide) groups is 1. The normalized spacial score (nSPS) is 32.8. The van der Waals surface area contributed by atoms with E-state index in [2.05, 4.69) is 19.6 Å². The van der Waals surface area contributed by atoms with Crippen LogP contribution in [-0.2, 0) is 35.7 Å². The molecule has 2 aliphatic heterocycles. The molecule has 2 rings (SSSR count). The van der Waals surface area contributed by atoms with E-state index in [0.29, 0.717) is 5.75 Å². The number of hydrogen-bond donors (Lipinski definition) is 1. The third kappa shape index (κ3) is 3.51. The number of fused-ring (bicyclic) bond motifs is 1. The van der Waals surface area contributed by atoms with E-state index < -0.39 is 12.0 Å². The number of nitrogens with zero attached hydrogens (tertiary/aromatic N) is 1. The van der Waals surface area contributed by atoms with Gasteiger partial charge in [-0.3, -0.25) is 0 Å². The van der Waals surface area contributed by atoms with Crippen molar-refractivity contribution in [2.75, 3.05) is 11.5 Å². The summed E-state index contributed by atoms with van der Waals surface area (Å²) >= 11 is 1.89. The van der Waals surface area contributed by atoms with Gasteiger partial charge in [-0.1, -0.05) is 0 Å². The van der Waals surface area contributed by atoms with Crippen molar-refractivity contribution in [3.8, 4) is 0 Å². The molecule has 0 aromatic heterocycles. The van der Waals surface area contributed by atoms with Crippen molar-refractivity contribution in [3.63, 3.8) is 0 Å². The molecule has 2 fully saturated rings. The molecule has 115 valence electrons. The van der Waals surface area contributed by atoms with Crippen molar-refractivity contribution < 1.29 is 40.8 Å². The Morgan fingerprint density at radius 3 is 2.86 bits per heavy atom. The van der Waals surface area contributed by atoms with E-state index in [1.54, 1.807) is 22.7 Å². The first-order valence-electron chi connectivity index (χ1n) is 7.49. The van der Waals surface area contributed by atoms with Crippen LogP contribution in [0.25, 0.3) is 0 Å². The Balaban J connectivity index is 2.54. The molecule has 0 bridgehead atoms. The average Bonchev–Trinajstić information content (AvgIpc) is 2.59. The van der Waals surface area contributed by atoms with E-state index in [0.717, 1.165) is 24.2 Å².